The fourth-order valence-electron chi connectivity index (χ4n) is 1.92. The van der Waals surface area contributed by atoms with Crippen LogP contribution in [0.3, 0.4) is 0 Å². The van der Waals surface area contributed by atoms with Crippen LogP contribution in [-0.4, -0.2) is 74.6 Å². The first kappa shape index (κ1) is 22.4. The van der Waals surface area contributed by atoms with E-state index in [4.69, 9.17) is 18.9 Å². The van der Waals surface area contributed by atoms with E-state index in [-0.39, 0.29) is 11.9 Å². The molecule has 1 heterocycles. The predicted octanol–water partition coefficient (Wildman–Crippen LogP) is 1.96. The maximum Gasteiger partial charge on any atom is 0.181 e. The van der Waals surface area contributed by atoms with Crippen molar-refractivity contribution in [2.75, 3.05) is 58.1 Å². The second-order valence-electron chi connectivity index (χ2n) is 5.75. The van der Waals surface area contributed by atoms with E-state index in [2.05, 4.69) is 15.3 Å². The Balaban J connectivity index is 1.93. The van der Waals surface area contributed by atoms with Crippen molar-refractivity contribution in [3.8, 4) is 0 Å². The lowest BCUT2D eigenvalue weighted by molar-refractivity contribution is -0.0110. The van der Waals surface area contributed by atoms with Crippen LogP contribution in [0, 0.1) is 0 Å². The lowest BCUT2D eigenvalue weighted by Gasteiger charge is -2.09. The van der Waals surface area contributed by atoms with Gasteiger partial charge in [-0.25, -0.2) is 9.97 Å². The quantitative estimate of drug-likeness (QED) is 0.349. The molecular formula is C18H31N3O5. The molecule has 0 saturated carbocycles. The van der Waals surface area contributed by atoms with E-state index in [1.54, 1.807) is 13.0 Å². The van der Waals surface area contributed by atoms with Gasteiger partial charge in [0.2, 0.25) is 0 Å². The Morgan fingerprint density at radius 2 is 1.62 bits per heavy atom. The number of ether oxygens (including phenoxy) is 4. The van der Waals surface area contributed by atoms with Crippen LogP contribution in [0.5, 0.6) is 0 Å². The molecule has 1 aromatic heterocycles. The van der Waals surface area contributed by atoms with Gasteiger partial charge in [0, 0.05) is 19.0 Å². The SMILES string of the molecule is CCC(=O)c1cc(NCCOCCOCCOCCOC(C)C)ncn1. The first-order valence-electron chi connectivity index (χ1n) is 9.07. The van der Waals surface area contributed by atoms with Crippen molar-refractivity contribution in [1.29, 1.82) is 0 Å². The Labute approximate surface area is 155 Å². The monoisotopic (exact) mass is 369 g/mol. The number of nitrogens with one attached hydrogen (secondary N) is 1. The van der Waals surface area contributed by atoms with Gasteiger partial charge >= 0.3 is 0 Å². The summed E-state index contributed by atoms with van der Waals surface area (Å²) in [4.78, 5) is 19.6. The van der Waals surface area contributed by atoms with Gasteiger partial charge in [-0.1, -0.05) is 6.92 Å². The Kier molecular flexibility index (Phi) is 12.6. The van der Waals surface area contributed by atoms with Crippen LogP contribution in [0.15, 0.2) is 12.4 Å². The van der Waals surface area contributed by atoms with Crippen LogP contribution in [0.4, 0.5) is 5.82 Å². The Bertz CT molecular complexity index is 499. The number of ketones is 1. The lowest BCUT2D eigenvalue weighted by Crippen LogP contribution is -2.15. The minimum absolute atomic E-state index is 0.000256. The number of carbonyl (C=O) groups excluding carboxylic acids is 1. The normalized spacial score (nSPS) is 11.1. The van der Waals surface area contributed by atoms with Crippen LogP contribution in [0.25, 0.3) is 0 Å². The number of hydrogen-bond donors (Lipinski definition) is 1. The zero-order chi connectivity index (χ0) is 19.0. The van der Waals surface area contributed by atoms with Crippen molar-refractivity contribution in [3.05, 3.63) is 18.1 Å². The van der Waals surface area contributed by atoms with E-state index in [1.165, 1.54) is 6.33 Å². The highest BCUT2D eigenvalue weighted by Crippen LogP contribution is 2.05. The van der Waals surface area contributed by atoms with E-state index in [9.17, 15) is 4.79 Å². The molecule has 0 saturated heterocycles. The van der Waals surface area contributed by atoms with Gasteiger partial charge < -0.3 is 24.3 Å². The topological polar surface area (TPSA) is 91.8 Å². The zero-order valence-corrected chi connectivity index (χ0v) is 16.0. The minimum Gasteiger partial charge on any atom is -0.377 e. The van der Waals surface area contributed by atoms with Crippen molar-refractivity contribution in [3.63, 3.8) is 0 Å². The second-order valence-corrected chi connectivity index (χ2v) is 5.75. The van der Waals surface area contributed by atoms with Crippen LogP contribution in [0.1, 0.15) is 37.7 Å². The maximum atomic E-state index is 11.6. The molecule has 0 fully saturated rings. The van der Waals surface area contributed by atoms with Gasteiger partial charge in [-0.15, -0.1) is 0 Å². The predicted molar refractivity (Wildman–Crippen MR) is 98.7 cm³/mol. The second kappa shape index (κ2) is 14.5. The summed E-state index contributed by atoms with van der Waals surface area (Å²) in [6.07, 6.45) is 2.05. The summed E-state index contributed by atoms with van der Waals surface area (Å²) in [6.45, 7) is 10.2. The maximum absolute atomic E-state index is 11.6. The van der Waals surface area contributed by atoms with Crippen molar-refractivity contribution in [1.82, 2.24) is 9.97 Å². The minimum atomic E-state index is 0.000256. The van der Waals surface area contributed by atoms with Gasteiger partial charge in [0.15, 0.2) is 5.78 Å². The molecule has 0 unspecified atom stereocenters. The molecule has 0 aliphatic heterocycles. The summed E-state index contributed by atoms with van der Waals surface area (Å²) in [6, 6.07) is 1.65. The van der Waals surface area contributed by atoms with E-state index in [0.29, 0.717) is 70.7 Å². The Hall–Kier alpha value is -1.61. The molecule has 1 aromatic rings. The van der Waals surface area contributed by atoms with E-state index < -0.39 is 0 Å². The molecule has 0 bridgehead atoms. The van der Waals surface area contributed by atoms with Gasteiger partial charge in [0.25, 0.3) is 0 Å². The molecule has 0 aromatic carbocycles. The third kappa shape index (κ3) is 11.1. The van der Waals surface area contributed by atoms with Crippen molar-refractivity contribution in [2.24, 2.45) is 0 Å². The Morgan fingerprint density at radius 1 is 1.00 bits per heavy atom. The molecule has 1 N–H and O–H groups in total. The van der Waals surface area contributed by atoms with E-state index in [1.807, 2.05) is 13.8 Å². The third-order valence-corrected chi connectivity index (χ3v) is 3.25. The van der Waals surface area contributed by atoms with Crippen LogP contribution < -0.4 is 5.32 Å². The molecule has 0 amide bonds. The molecule has 148 valence electrons. The fraction of sp³-hybridized carbons (Fsp3) is 0.722. The van der Waals surface area contributed by atoms with Gasteiger partial charge in [-0.05, 0) is 13.8 Å². The first-order valence-corrected chi connectivity index (χ1v) is 9.07. The average Bonchev–Trinajstić information content (AvgIpc) is 2.64. The largest absolute Gasteiger partial charge is 0.377 e. The first-order chi connectivity index (χ1) is 12.6. The standard InChI is InChI=1S/C18H31N3O5/c1-4-17(22)16-13-18(21-14-20-16)19-5-6-23-7-8-24-9-10-25-11-12-26-15(2)3/h13-15H,4-12H2,1-3H3,(H,19,20,21). The van der Waals surface area contributed by atoms with Gasteiger partial charge in [0.05, 0.1) is 52.4 Å². The molecule has 8 nitrogen and oxygen atoms in total. The highest BCUT2D eigenvalue weighted by molar-refractivity contribution is 5.94. The van der Waals surface area contributed by atoms with Gasteiger partial charge in [-0.2, -0.15) is 0 Å². The van der Waals surface area contributed by atoms with Gasteiger partial charge in [-0.3, -0.25) is 4.79 Å². The summed E-state index contributed by atoms with van der Waals surface area (Å²) in [5.74, 6) is 0.621. The summed E-state index contributed by atoms with van der Waals surface area (Å²) in [5, 5.41) is 3.10. The highest BCUT2D eigenvalue weighted by Gasteiger charge is 2.05. The average molecular weight is 369 g/mol. The number of anilines is 1. The zero-order valence-electron chi connectivity index (χ0n) is 16.0. The molecule has 0 aliphatic carbocycles. The molecule has 0 atom stereocenters. The fourth-order valence-corrected chi connectivity index (χ4v) is 1.92. The molecular weight excluding hydrogens is 338 g/mol. The van der Waals surface area contributed by atoms with Crippen LogP contribution in [-0.2, 0) is 18.9 Å². The van der Waals surface area contributed by atoms with Crippen LogP contribution in [0.2, 0.25) is 0 Å². The summed E-state index contributed by atoms with van der Waals surface area (Å²) < 4.78 is 21.6. The number of Topliss-reactive ketones (excluding diaryl/α,β-unsaturated/α-hetero) is 1. The number of hydrogen-bond acceptors (Lipinski definition) is 8. The summed E-state index contributed by atoms with van der Waals surface area (Å²) >= 11 is 0. The number of carbonyl (C=O) groups is 1. The van der Waals surface area contributed by atoms with E-state index >= 15 is 0 Å². The highest BCUT2D eigenvalue weighted by atomic mass is 16.6. The molecule has 0 aliphatic rings. The number of nitrogens with zero attached hydrogens (tertiary/aromatic N) is 2. The van der Waals surface area contributed by atoms with Crippen molar-refractivity contribution in [2.45, 2.75) is 33.3 Å². The summed E-state index contributed by atoms with van der Waals surface area (Å²) in [5.41, 5.74) is 0.428. The molecule has 26 heavy (non-hydrogen) atoms. The van der Waals surface area contributed by atoms with E-state index in [0.717, 1.165) is 0 Å². The summed E-state index contributed by atoms with van der Waals surface area (Å²) in [7, 11) is 0. The number of aromatic nitrogens is 2. The molecule has 8 heteroatoms. The molecule has 1 rings (SSSR count). The van der Waals surface area contributed by atoms with Crippen molar-refractivity contribution < 1.29 is 23.7 Å². The molecule has 0 spiro atoms. The Morgan fingerprint density at radius 3 is 2.23 bits per heavy atom. The third-order valence-electron chi connectivity index (χ3n) is 3.25. The smallest absolute Gasteiger partial charge is 0.181 e. The molecule has 0 radical (unpaired) electrons. The van der Waals surface area contributed by atoms with Gasteiger partial charge in [0.1, 0.15) is 17.8 Å². The lowest BCUT2D eigenvalue weighted by atomic mass is 10.2. The van der Waals surface area contributed by atoms with Crippen LogP contribution >= 0.6 is 0 Å². The van der Waals surface area contributed by atoms with Crippen molar-refractivity contribution >= 4 is 11.6 Å². The number of rotatable bonds is 16.